The Morgan fingerprint density at radius 2 is 1.90 bits per heavy atom. The number of nitrogens with zero attached hydrogens (tertiary/aromatic N) is 1. The zero-order chi connectivity index (χ0) is 14.7. The second kappa shape index (κ2) is 6.00. The molecule has 0 bridgehead atoms. The molecule has 0 aromatic heterocycles. The molecule has 1 unspecified atom stereocenters. The van der Waals surface area contributed by atoms with Crippen LogP contribution in [0.2, 0.25) is 0 Å². The molecule has 0 N–H and O–H groups in total. The van der Waals surface area contributed by atoms with Gasteiger partial charge in [0, 0.05) is 23.0 Å². The van der Waals surface area contributed by atoms with Crippen LogP contribution in [0.4, 0.5) is 0 Å². The molecule has 1 atom stereocenters. The van der Waals surface area contributed by atoms with Crippen molar-refractivity contribution in [3.05, 3.63) is 71.8 Å². The summed E-state index contributed by atoms with van der Waals surface area (Å²) in [5, 5.41) is 0. The van der Waals surface area contributed by atoms with E-state index >= 15 is 0 Å². The molecule has 2 heteroatoms. The fourth-order valence-electron chi connectivity index (χ4n) is 3.22. The Kier molecular flexibility index (Phi) is 4.33. The number of hydrogen-bond donors (Lipinski definition) is 0. The topological polar surface area (TPSA) is 12.5 Å². The van der Waals surface area contributed by atoms with Crippen molar-refractivity contribution in [1.82, 2.24) is 4.90 Å². The van der Waals surface area contributed by atoms with E-state index in [1.54, 1.807) is 7.11 Å². The summed E-state index contributed by atoms with van der Waals surface area (Å²) in [5.74, 6) is 0.949. The van der Waals surface area contributed by atoms with Crippen LogP contribution in [0, 0.1) is 0 Å². The van der Waals surface area contributed by atoms with Crippen LogP contribution in [-0.4, -0.2) is 18.1 Å². The highest BCUT2D eigenvalue weighted by Crippen LogP contribution is 2.44. The van der Waals surface area contributed by atoms with E-state index in [0.29, 0.717) is 6.04 Å². The summed E-state index contributed by atoms with van der Waals surface area (Å²) in [6, 6.07) is 0.460. The maximum atomic E-state index is 5.50. The first-order valence-electron chi connectivity index (χ1n) is 7.05. The van der Waals surface area contributed by atoms with Crippen molar-refractivity contribution in [2.75, 3.05) is 7.11 Å². The van der Waals surface area contributed by atoms with Crippen molar-refractivity contribution >= 4 is 0 Å². The predicted octanol–water partition coefficient (Wildman–Crippen LogP) is 4.47. The van der Waals surface area contributed by atoms with E-state index in [0.717, 1.165) is 24.3 Å². The zero-order valence-corrected chi connectivity index (χ0v) is 12.6. The number of methoxy groups -OCH3 is 1. The maximum Gasteiger partial charge on any atom is 0.119 e. The molecule has 0 saturated heterocycles. The van der Waals surface area contributed by atoms with E-state index in [1.165, 1.54) is 16.8 Å². The SMILES string of the molecule is C=CC1=C(/C=C\C)CC2CC(/C(=C\C)OC)=C(C=C)N12. The molecule has 2 aliphatic heterocycles. The molecule has 0 radical (unpaired) electrons. The summed E-state index contributed by atoms with van der Waals surface area (Å²) in [6.45, 7) is 12.0. The number of allylic oxidation sites excluding steroid dienone is 6. The molecule has 106 valence electrons. The van der Waals surface area contributed by atoms with Crippen LogP contribution in [0.25, 0.3) is 0 Å². The summed E-state index contributed by atoms with van der Waals surface area (Å²) in [4.78, 5) is 2.35. The summed E-state index contributed by atoms with van der Waals surface area (Å²) in [6.07, 6.45) is 12.2. The molecule has 0 saturated carbocycles. The van der Waals surface area contributed by atoms with E-state index in [2.05, 4.69) is 37.1 Å². The largest absolute Gasteiger partial charge is 0.497 e. The number of ether oxygens (including phenoxy) is 1. The van der Waals surface area contributed by atoms with Gasteiger partial charge in [0.1, 0.15) is 5.76 Å². The highest BCUT2D eigenvalue weighted by Gasteiger charge is 2.38. The lowest BCUT2D eigenvalue weighted by Gasteiger charge is -2.22. The van der Waals surface area contributed by atoms with Gasteiger partial charge in [0.15, 0.2) is 0 Å². The van der Waals surface area contributed by atoms with Crippen LogP contribution in [0.1, 0.15) is 26.7 Å². The minimum absolute atomic E-state index is 0.460. The molecular formula is C18H23NO. The Bertz CT molecular complexity index is 546. The van der Waals surface area contributed by atoms with E-state index < -0.39 is 0 Å². The van der Waals surface area contributed by atoms with Crippen LogP contribution in [0.15, 0.2) is 71.8 Å². The number of fused-ring (bicyclic) bond motifs is 1. The maximum absolute atomic E-state index is 5.50. The van der Waals surface area contributed by atoms with Gasteiger partial charge in [-0.15, -0.1) is 0 Å². The fraction of sp³-hybridized carbons (Fsp3) is 0.333. The molecule has 0 amide bonds. The number of rotatable bonds is 5. The van der Waals surface area contributed by atoms with Crippen LogP contribution < -0.4 is 0 Å². The van der Waals surface area contributed by atoms with Gasteiger partial charge in [0.05, 0.1) is 7.11 Å². The standard InChI is InChI=1S/C18H23NO/c1-6-10-13-11-14-12-15(18(9-4)20-5)17(8-3)19(14)16(13)7-2/h6-10,14H,2-3,11-12H2,1,4-5H3/b10-6-,18-9+. The average molecular weight is 269 g/mol. The van der Waals surface area contributed by atoms with Gasteiger partial charge < -0.3 is 9.64 Å². The first kappa shape index (κ1) is 14.4. The predicted molar refractivity (Wildman–Crippen MR) is 84.9 cm³/mol. The third-order valence-corrected chi connectivity index (χ3v) is 3.95. The Morgan fingerprint density at radius 3 is 2.40 bits per heavy atom. The molecule has 0 aliphatic carbocycles. The lowest BCUT2D eigenvalue weighted by molar-refractivity contribution is 0.297. The number of hydrogen-bond acceptors (Lipinski definition) is 2. The molecule has 2 heterocycles. The Labute approximate surface area is 122 Å². The second-order valence-electron chi connectivity index (χ2n) is 4.97. The van der Waals surface area contributed by atoms with Crippen molar-refractivity contribution in [2.45, 2.75) is 32.7 Å². The molecule has 20 heavy (non-hydrogen) atoms. The second-order valence-corrected chi connectivity index (χ2v) is 4.97. The third kappa shape index (κ3) is 2.15. The summed E-state index contributed by atoms with van der Waals surface area (Å²) >= 11 is 0. The highest BCUT2D eigenvalue weighted by molar-refractivity contribution is 5.50. The molecule has 2 rings (SSSR count). The lowest BCUT2D eigenvalue weighted by Crippen LogP contribution is -2.22. The summed E-state index contributed by atoms with van der Waals surface area (Å²) in [5.41, 5.74) is 4.95. The van der Waals surface area contributed by atoms with Crippen molar-refractivity contribution in [3.63, 3.8) is 0 Å². The summed E-state index contributed by atoms with van der Waals surface area (Å²) in [7, 11) is 1.72. The molecule has 0 fully saturated rings. The summed E-state index contributed by atoms with van der Waals surface area (Å²) < 4.78 is 5.50. The van der Waals surface area contributed by atoms with Crippen LogP contribution in [0.3, 0.4) is 0 Å². The van der Waals surface area contributed by atoms with Crippen molar-refractivity contribution in [1.29, 1.82) is 0 Å². The first-order valence-corrected chi connectivity index (χ1v) is 7.05. The van der Waals surface area contributed by atoms with Gasteiger partial charge in [-0.25, -0.2) is 0 Å². The van der Waals surface area contributed by atoms with Crippen molar-refractivity contribution in [3.8, 4) is 0 Å². The van der Waals surface area contributed by atoms with Gasteiger partial charge >= 0.3 is 0 Å². The smallest absolute Gasteiger partial charge is 0.119 e. The molecule has 0 spiro atoms. The molecule has 2 nitrogen and oxygen atoms in total. The quantitative estimate of drug-likeness (QED) is 0.683. The first-order chi connectivity index (χ1) is 9.71. The monoisotopic (exact) mass is 269 g/mol. The molecular weight excluding hydrogens is 246 g/mol. The minimum Gasteiger partial charge on any atom is -0.497 e. The molecule has 2 aliphatic rings. The normalized spacial score (nSPS) is 22.9. The Balaban J connectivity index is 2.49. The highest BCUT2D eigenvalue weighted by atomic mass is 16.5. The van der Waals surface area contributed by atoms with Crippen molar-refractivity contribution < 1.29 is 4.74 Å². The lowest BCUT2D eigenvalue weighted by atomic mass is 10.0. The van der Waals surface area contributed by atoms with E-state index in [-0.39, 0.29) is 0 Å². The average Bonchev–Trinajstić information content (AvgIpc) is 2.95. The van der Waals surface area contributed by atoms with E-state index in [4.69, 9.17) is 4.74 Å². The third-order valence-electron chi connectivity index (χ3n) is 3.95. The van der Waals surface area contributed by atoms with Gasteiger partial charge in [0.2, 0.25) is 0 Å². The van der Waals surface area contributed by atoms with Crippen LogP contribution in [-0.2, 0) is 4.74 Å². The van der Waals surface area contributed by atoms with Gasteiger partial charge in [-0.1, -0.05) is 25.3 Å². The molecule has 0 aromatic carbocycles. The van der Waals surface area contributed by atoms with Crippen LogP contribution in [0.5, 0.6) is 0 Å². The van der Waals surface area contributed by atoms with E-state index in [1.807, 2.05) is 25.2 Å². The Hall–Kier alpha value is -1.96. The zero-order valence-electron chi connectivity index (χ0n) is 12.6. The van der Waals surface area contributed by atoms with Gasteiger partial charge in [-0.05, 0) is 50.5 Å². The fourth-order valence-corrected chi connectivity index (χ4v) is 3.22. The minimum atomic E-state index is 0.460. The van der Waals surface area contributed by atoms with Crippen molar-refractivity contribution in [2.24, 2.45) is 0 Å². The van der Waals surface area contributed by atoms with Gasteiger partial charge in [-0.3, -0.25) is 0 Å². The Morgan fingerprint density at radius 1 is 1.20 bits per heavy atom. The van der Waals surface area contributed by atoms with Gasteiger partial charge in [0.25, 0.3) is 0 Å². The van der Waals surface area contributed by atoms with E-state index in [9.17, 15) is 0 Å². The van der Waals surface area contributed by atoms with Crippen LogP contribution >= 0.6 is 0 Å². The van der Waals surface area contributed by atoms with Gasteiger partial charge in [-0.2, -0.15) is 0 Å². The molecule has 0 aromatic rings.